The fourth-order valence-corrected chi connectivity index (χ4v) is 2.32. The molecule has 0 saturated carbocycles. The monoisotopic (exact) mass is 298 g/mol. The molecule has 0 saturated heterocycles. The van der Waals surface area contributed by atoms with Crippen molar-refractivity contribution in [2.24, 2.45) is 0 Å². The SMILES string of the molecule is Fc1ccc(Nc2nc(Cl)ncc2Cl)c2c1CCN2. The molecule has 19 heavy (non-hydrogen) atoms. The molecular formula is C12H9Cl2FN4. The minimum absolute atomic E-state index is 0.0959. The largest absolute Gasteiger partial charge is 0.383 e. The van der Waals surface area contributed by atoms with Gasteiger partial charge in [0, 0.05) is 12.1 Å². The molecule has 0 amide bonds. The Morgan fingerprint density at radius 2 is 2.16 bits per heavy atom. The maximum absolute atomic E-state index is 13.6. The van der Waals surface area contributed by atoms with Gasteiger partial charge in [0.05, 0.1) is 17.6 Å². The molecular weight excluding hydrogens is 290 g/mol. The van der Waals surface area contributed by atoms with Crippen LogP contribution in [-0.2, 0) is 6.42 Å². The zero-order valence-corrected chi connectivity index (χ0v) is 11.2. The van der Waals surface area contributed by atoms with Crippen LogP contribution in [0.3, 0.4) is 0 Å². The first kappa shape index (κ1) is 12.4. The molecule has 1 aromatic heterocycles. The molecule has 1 aromatic carbocycles. The Kier molecular flexibility index (Phi) is 3.16. The molecule has 0 spiro atoms. The average molecular weight is 299 g/mol. The lowest BCUT2D eigenvalue weighted by molar-refractivity contribution is 0.615. The van der Waals surface area contributed by atoms with Crippen molar-refractivity contribution >= 4 is 40.4 Å². The Morgan fingerprint density at radius 1 is 1.32 bits per heavy atom. The lowest BCUT2D eigenvalue weighted by atomic mass is 10.1. The van der Waals surface area contributed by atoms with Crippen molar-refractivity contribution in [1.29, 1.82) is 0 Å². The van der Waals surface area contributed by atoms with Crippen LogP contribution in [0.15, 0.2) is 18.3 Å². The molecule has 0 radical (unpaired) electrons. The van der Waals surface area contributed by atoms with Gasteiger partial charge < -0.3 is 10.6 Å². The highest BCUT2D eigenvalue weighted by molar-refractivity contribution is 6.33. The summed E-state index contributed by atoms with van der Waals surface area (Å²) in [7, 11) is 0. The standard InChI is InChI=1S/C12H9Cl2FN4/c13-7-5-17-12(14)19-11(7)18-9-2-1-8(15)6-3-4-16-10(6)9/h1-2,5,16H,3-4H2,(H,17,18,19). The van der Waals surface area contributed by atoms with Crippen molar-refractivity contribution in [2.75, 3.05) is 17.2 Å². The number of benzene rings is 1. The van der Waals surface area contributed by atoms with E-state index >= 15 is 0 Å². The fourth-order valence-electron chi connectivity index (χ4n) is 2.05. The van der Waals surface area contributed by atoms with Crippen LogP contribution in [0, 0.1) is 5.82 Å². The average Bonchev–Trinajstić information content (AvgIpc) is 2.87. The Morgan fingerprint density at radius 3 is 3.00 bits per heavy atom. The van der Waals surface area contributed by atoms with E-state index in [1.807, 2.05) is 0 Å². The molecule has 0 bridgehead atoms. The number of anilines is 3. The summed E-state index contributed by atoms with van der Waals surface area (Å²) < 4.78 is 13.6. The second kappa shape index (κ2) is 4.83. The van der Waals surface area contributed by atoms with Crippen LogP contribution in [0.2, 0.25) is 10.3 Å². The third kappa shape index (κ3) is 2.31. The van der Waals surface area contributed by atoms with Crippen LogP contribution < -0.4 is 10.6 Å². The number of fused-ring (bicyclic) bond motifs is 1. The van der Waals surface area contributed by atoms with Crippen LogP contribution in [-0.4, -0.2) is 16.5 Å². The summed E-state index contributed by atoms with van der Waals surface area (Å²) in [5, 5.41) is 6.63. The van der Waals surface area contributed by atoms with E-state index in [9.17, 15) is 4.39 Å². The smallest absolute Gasteiger partial charge is 0.224 e. The molecule has 4 nitrogen and oxygen atoms in total. The first-order valence-electron chi connectivity index (χ1n) is 5.65. The van der Waals surface area contributed by atoms with Crippen molar-refractivity contribution in [3.05, 3.63) is 40.0 Å². The minimum Gasteiger partial charge on any atom is -0.383 e. The van der Waals surface area contributed by atoms with Gasteiger partial charge in [-0.2, -0.15) is 4.98 Å². The zero-order valence-electron chi connectivity index (χ0n) is 9.67. The van der Waals surface area contributed by atoms with Crippen molar-refractivity contribution in [1.82, 2.24) is 9.97 Å². The van der Waals surface area contributed by atoms with Crippen LogP contribution in [0.1, 0.15) is 5.56 Å². The number of aromatic nitrogens is 2. The summed E-state index contributed by atoms with van der Waals surface area (Å²) >= 11 is 11.7. The summed E-state index contributed by atoms with van der Waals surface area (Å²) in [6, 6.07) is 3.06. The van der Waals surface area contributed by atoms with E-state index < -0.39 is 0 Å². The fraction of sp³-hybridized carbons (Fsp3) is 0.167. The van der Waals surface area contributed by atoms with Crippen molar-refractivity contribution in [3.63, 3.8) is 0 Å². The Labute approximate surface area is 119 Å². The Balaban J connectivity index is 2.00. The summed E-state index contributed by atoms with van der Waals surface area (Å²) in [6.07, 6.45) is 2.07. The van der Waals surface area contributed by atoms with Crippen LogP contribution in [0.4, 0.5) is 21.6 Å². The normalized spacial score (nSPS) is 13.0. The maximum atomic E-state index is 13.6. The van der Waals surface area contributed by atoms with Gasteiger partial charge in [-0.1, -0.05) is 11.6 Å². The highest BCUT2D eigenvalue weighted by Crippen LogP contribution is 2.35. The van der Waals surface area contributed by atoms with Gasteiger partial charge in [0.15, 0.2) is 5.82 Å². The number of hydrogen-bond donors (Lipinski definition) is 2. The van der Waals surface area contributed by atoms with Crippen LogP contribution in [0.25, 0.3) is 0 Å². The van der Waals surface area contributed by atoms with Gasteiger partial charge in [-0.15, -0.1) is 0 Å². The van der Waals surface area contributed by atoms with Gasteiger partial charge in [-0.05, 0) is 30.2 Å². The van der Waals surface area contributed by atoms with E-state index in [-0.39, 0.29) is 11.1 Å². The van der Waals surface area contributed by atoms with Crippen LogP contribution >= 0.6 is 23.2 Å². The number of nitrogens with zero attached hydrogens (tertiary/aromatic N) is 2. The van der Waals surface area contributed by atoms with Gasteiger partial charge in [-0.3, -0.25) is 0 Å². The van der Waals surface area contributed by atoms with Gasteiger partial charge in [0.2, 0.25) is 5.28 Å². The van der Waals surface area contributed by atoms with E-state index in [1.54, 1.807) is 6.07 Å². The first-order chi connectivity index (χ1) is 9.15. The van der Waals surface area contributed by atoms with E-state index in [0.29, 0.717) is 35.1 Å². The van der Waals surface area contributed by atoms with Crippen molar-refractivity contribution in [2.45, 2.75) is 6.42 Å². The third-order valence-corrected chi connectivity index (χ3v) is 3.36. The topological polar surface area (TPSA) is 49.8 Å². The highest BCUT2D eigenvalue weighted by Gasteiger charge is 2.19. The van der Waals surface area contributed by atoms with Gasteiger partial charge >= 0.3 is 0 Å². The second-order valence-electron chi connectivity index (χ2n) is 4.09. The number of hydrogen-bond acceptors (Lipinski definition) is 4. The summed E-state index contributed by atoms with van der Waals surface area (Å²) in [6.45, 7) is 0.712. The highest BCUT2D eigenvalue weighted by atomic mass is 35.5. The molecule has 2 heterocycles. The lowest BCUT2D eigenvalue weighted by Gasteiger charge is -2.12. The third-order valence-electron chi connectivity index (χ3n) is 2.90. The predicted molar refractivity (Wildman–Crippen MR) is 73.9 cm³/mol. The number of halogens is 3. The summed E-state index contributed by atoms with van der Waals surface area (Å²) in [5.41, 5.74) is 2.12. The quantitative estimate of drug-likeness (QED) is 0.831. The molecule has 0 unspecified atom stereocenters. The first-order valence-corrected chi connectivity index (χ1v) is 6.41. The summed E-state index contributed by atoms with van der Waals surface area (Å²) in [5.74, 6) is 0.182. The van der Waals surface area contributed by atoms with Crippen molar-refractivity contribution < 1.29 is 4.39 Å². The van der Waals surface area contributed by atoms with Crippen LogP contribution in [0.5, 0.6) is 0 Å². The van der Waals surface area contributed by atoms with E-state index in [1.165, 1.54) is 12.3 Å². The van der Waals surface area contributed by atoms with Gasteiger partial charge in [0.1, 0.15) is 10.8 Å². The second-order valence-corrected chi connectivity index (χ2v) is 4.83. The molecule has 2 N–H and O–H groups in total. The molecule has 1 aliphatic heterocycles. The lowest BCUT2D eigenvalue weighted by Crippen LogP contribution is -2.00. The number of rotatable bonds is 2. The summed E-state index contributed by atoms with van der Waals surface area (Å²) in [4.78, 5) is 7.78. The molecule has 3 rings (SSSR count). The molecule has 2 aromatic rings. The molecule has 0 atom stereocenters. The number of nitrogens with one attached hydrogen (secondary N) is 2. The maximum Gasteiger partial charge on any atom is 0.224 e. The Hall–Kier alpha value is -1.59. The Bertz CT molecular complexity index is 648. The molecule has 98 valence electrons. The van der Waals surface area contributed by atoms with Gasteiger partial charge in [-0.25, -0.2) is 9.37 Å². The molecule has 0 fully saturated rings. The molecule has 0 aliphatic carbocycles. The minimum atomic E-state index is -0.211. The van der Waals surface area contributed by atoms with E-state index in [0.717, 1.165) is 5.69 Å². The van der Waals surface area contributed by atoms with E-state index in [4.69, 9.17) is 23.2 Å². The van der Waals surface area contributed by atoms with Crippen molar-refractivity contribution in [3.8, 4) is 0 Å². The molecule has 1 aliphatic rings. The van der Waals surface area contributed by atoms with Gasteiger partial charge in [0.25, 0.3) is 0 Å². The predicted octanol–water partition coefficient (Wildman–Crippen LogP) is 3.63. The zero-order chi connectivity index (χ0) is 13.4. The van der Waals surface area contributed by atoms with E-state index in [2.05, 4.69) is 20.6 Å². The molecule has 7 heteroatoms.